The Labute approximate surface area is 141 Å². The standard InChI is InChI=1S/C18H22N4O2/c1-10(2)12-7-9-21-14(11(3)4)15(12)22-18(24)16-13(17(19)23)6-5-8-20-16/h5-11H,1-4H3,(H2,19,23)(H,22,24). The third kappa shape index (κ3) is 3.59. The van der Waals surface area contributed by atoms with Gasteiger partial charge in [0.05, 0.1) is 16.9 Å². The van der Waals surface area contributed by atoms with Gasteiger partial charge in [-0.15, -0.1) is 0 Å². The van der Waals surface area contributed by atoms with Gasteiger partial charge < -0.3 is 11.1 Å². The van der Waals surface area contributed by atoms with Crippen LogP contribution < -0.4 is 11.1 Å². The molecule has 0 radical (unpaired) electrons. The maximum atomic E-state index is 12.7. The van der Waals surface area contributed by atoms with Gasteiger partial charge in [0, 0.05) is 12.4 Å². The Morgan fingerprint density at radius 3 is 2.33 bits per heavy atom. The first-order valence-electron chi connectivity index (χ1n) is 7.87. The molecule has 6 nitrogen and oxygen atoms in total. The molecule has 2 rings (SSSR count). The van der Waals surface area contributed by atoms with Gasteiger partial charge in [-0.2, -0.15) is 0 Å². The highest BCUT2D eigenvalue weighted by Crippen LogP contribution is 2.31. The Hall–Kier alpha value is -2.76. The van der Waals surface area contributed by atoms with Gasteiger partial charge in [-0.3, -0.25) is 19.6 Å². The summed E-state index contributed by atoms with van der Waals surface area (Å²) >= 11 is 0. The van der Waals surface area contributed by atoms with Crippen LogP contribution in [0, 0.1) is 0 Å². The number of carbonyl (C=O) groups is 2. The number of aromatic nitrogens is 2. The van der Waals surface area contributed by atoms with E-state index < -0.39 is 11.8 Å². The van der Waals surface area contributed by atoms with E-state index in [1.165, 1.54) is 12.3 Å². The minimum atomic E-state index is -0.687. The van der Waals surface area contributed by atoms with E-state index in [2.05, 4.69) is 15.3 Å². The van der Waals surface area contributed by atoms with E-state index in [-0.39, 0.29) is 23.1 Å². The molecule has 126 valence electrons. The van der Waals surface area contributed by atoms with Crippen LogP contribution in [0.2, 0.25) is 0 Å². The maximum absolute atomic E-state index is 12.7. The number of nitrogens with two attached hydrogens (primary N) is 1. The van der Waals surface area contributed by atoms with Crippen molar-refractivity contribution in [3.63, 3.8) is 0 Å². The van der Waals surface area contributed by atoms with Gasteiger partial charge in [-0.05, 0) is 35.6 Å². The monoisotopic (exact) mass is 326 g/mol. The average Bonchev–Trinajstić information content (AvgIpc) is 2.54. The molecule has 6 heteroatoms. The molecule has 2 aromatic rings. The fourth-order valence-corrected chi connectivity index (χ4v) is 2.51. The molecule has 0 atom stereocenters. The Morgan fingerprint density at radius 2 is 1.75 bits per heavy atom. The number of hydrogen-bond acceptors (Lipinski definition) is 4. The van der Waals surface area contributed by atoms with Crippen molar-refractivity contribution in [1.82, 2.24) is 9.97 Å². The largest absolute Gasteiger partial charge is 0.366 e. The highest BCUT2D eigenvalue weighted by molar-refractivity contribution is 6.10. The molecule has 3 N–H and O–H groups in total. The van der Waals surface area contributed by atoms with Crippen molar-refractivity contribution in [2.75, 3.05) is 5.32 Å². The molecule has 0 aromatic carbocycles. The molecule has 2 amide bonds. The summed E-state index contributed by atoms with van der Waals surface area (Å²) in [7, 11) is 0. The summed E-state index contributed by atoms with van der Waals surface area (Å²) in [6.45, 7) is 8.12. The first-order valence-corrected chi connectivity index (χ1v) is 7.87. The molecule has 0 aliphatic carbocycles. The van der Waals surface area contributed by atoms with Gasteiger partial charge in [-0.1, -0.05) is 27.7 Å². The Bertz CT molecular complexity index is 743. The van der Waals surface area contributed by atoms with Crippen LogP contribution in [0.1, 0.15) is 71.6 Å². The molecule has 2 aromatic heterocycles. The van der Waals surface area contributed by atoms with Crippen LogP contribution in [0.4, 0.5) is 5.69 Å². The molecule has 0 bridgehead atoms. The number of rotatable bonds is 5. The second-order valence-electron chi connectivity index (χ2n) is 6.19. The lowest BCUT2D eigenvalue weighted by molar-refractivity contribution is 0.0974. The van der Waals surface area contributed by atoms with Gasteiger partial charge in [0.15, 0.2) is 0 Å². The van der Waals surface area contributed by atoms with Crippen molar-refractivity contribution in [2.24, 2.45) is 5.73 Å². The second-order valence-corrected chi connectivity index (χ2v) is 6.19. The first-order chi connectivity index (χ1) is 11.3. The van der Waals surface area contributed by atoms with Crippen molar-refractivity contribution >= 4 is 17.5 Å². The lowest BCUT2D eigenvalue weighted by Gasteiger charge is -2.19. The maximum Gasteiger partial charge on any atom is 0.275 e. The molecule has 0 aliphatic heterocycles. The van der Waals surface area contributed by atoms with Crippen LogP contribution >= 0.6 is 0 Å². The van der Waals surface area contributed by atoms with E-state index in [0.29, 0.717) is 5.69 Å². The van der Waals surface area contributed by atoms with Crippen molar-refractivity contribution in [3.8, 4) is 0 Å². The zero-order valence-electron chi connectivity index (χ0n) is 14.3. The minimum Gasteiger partial charge on any atom is -0.366 e. The summed E-state index contributed by atoms with van der Waals surface area (Å²) in [5.74, 6) is -0.813. The fraction of sp³-hybridized carbons (Fsp3) is 0.333. The topological polar surface area (TPSA) is 98.0 Å². The number of primary amides is 1. The zero-order valence-corrected chi connectivity index (χ0v) is 14.3. The number of anilines is 1. The molecule has 0 saturated carbocycles. The molecule has 0 spiro atoms. The molecule has 2 heterocycles. The minimum absolute atomic E-state index is 0.0123. The van der Waals surface area contributed by atoms with Crippen LogP contribution in [-0.4, -0.2) is 21.8 Å². The van der Waals surface area contributed by atoms with Gasteiger partial charge in [0.2, 0.25) is 0 Å². The molecule has 0 aliphatic rings. The molecule has 0 fully saturated rings. The summed E-state index contributed by atoms with van der Waals surface area (Å²) in [6, 6.07) is 4.94. The number of nitrogens with one attached hydrogen (secondary N) is 1. The molecule has 0 saturated heterocycles. The first kappa shape index (κ1) is 17.6. The predicted molar refractivity (Wildman–Crippen MR) is 93.1 cm³/mol. The quantitative estimate of drug-likeness (QED) is 0.882. The number of amides is 2. The zero-order chi connectivity index (χ0) is 17.9. The summed E-state index contributed by atoms with van der Waals surface area (Å²) in [6.07, 6.45) is 3.20. The fourth-order valence-electron chi connectivity index (χ4n) is 2.51. The third-order valence-electron chi connectivity index (χ3n) is 3.71. The van der Waals surface area contributed by atoms with Gasteiger partial charge in [0.1, 0.15) is 5.69 Å². The number of carbonyl (C=O) groups excluding carboxylic acids is 2. The summed E-state index contributed by atoms with van der Waals surface area (Å²) in [4.78, 5) is 32.6. The van der Waals surface area contributed by atoms with Crippen molar-refractivity contribution in [3.05, 3.63) is 53.1 Å². The van der Waals surface area contributed by atoms with Crippen LogP contribution in [0.15, 0.2) is 30.6 Å². The van der Waals surface area contributed by atoms with E-state index in [9.17, 15) is 9.59 Å². The van der Waals surface area contributed by atoms with Crippen LogP contribution in [-0.2, 0) is 0 Å². The van der Waals surface area contributed by atoms with E-state index in [1.54, 1.807) is 12.3 Å². The molecule has 0 unspecified atom stereocenters. The van der Waals surface area contributed by atoms with Crippen molar-refractivity contribution in [2.45, 2.75) is 39.5 Å². The van der Waals surface area contributed by atoms with Gasteiger partial charge in [0.25, 0.3) is 11.8 Å². The number of hydrogen-bond donors (Lipinski definition) is 2. The summed E-state index contributed by atoms with van der Waals surface area (Å²) in [5, 5.41) is 2.88. The van der Waals surface area contributed by atoms with Crippen molar-refractivity contribution in [1.29, 1.82) is 0 Å². The smallest absolute Gasteiger partial charge is 0.275 e. The van der Waals surface area contributed by atoms with E-state index >= 15 is 0 Å². The van der Waals surface area contributed by atoms with Gasteiger partial charge >= 0.3 is 0 Å². The summed E-state index contributed by atoms with van der Waals surface area (Å²) < 4.78 is 0. The Kier molecular flexibility index (Phi) is 5.28. The van der Waals surface area contributed by atoms with E-state index in [4.69, 9.17) is 5.73 Å². The van der Waals surface area contributed by atoms with Crippen LogP contribution in [0.25, 0.3) is 0 Å². The normalized spacial score (nSPS) is 10.9. The summed E-state index contributed by atoms with van der Waals surface area (Å²) in [5.41, 5.74) is 7.89. The SMILES string of the molecule is CC(C)c1ccnc(C(C)C)c1NC(=O)c1ncccc1C(N)=O. The lowest BCUT2D eigenvalue weighted by atomic mass is 9.97. The average molecular weight is 326 g/mol. The van der Waals surface area contributed by atoms with E-state index in [1.807, 2.05) is 33.8 Å². The second kappa shape index (κ2) is 7.21. The number of nitrogens with zero attached hydrogens (tertiary/aromatic N) is 2. The Balaban J connectivity index is 2.48. The molecule has 24 heavy (non-hydrogen) atoms. The Morgan fingerprint density at radius 1 is 1.04 bits per heavy atom. The van der Waals surface area contributed by atoms with Crippen LogP contribution in [0.3, 0.4) is 0 Å². The lowest BCUT2D eigenvalue weighted by Crippen LogP contribution is -2.23. The highest BCUT2D eigenvalue weighted by Gasteiger charge is 2.21. The van der Waals surface area contributed by atoms with E-state index in [0.717, 1.165) is 11.3 Å². The predicted octanol–water partition coefficient (Wildman–Crippen LogP) is 3.07. The van der Waals surface area contributed by atoms with Crippen molar-refractivity contribution < 1.29 is 9.59 Å². The third-order valence-corrected chi connectivity index (χ3v) is 3.71. The van der Waals surface area contributed by atoms with Gasteiger partial charge in [-0.25, -0.2) is 0 Å². The molecular formula is C18H22N4O2. The molecular weight excluding hydrogens is 304 g/mol. The number of pyridine rings is 2. The highest BCUT2D eigenvalue weighted by atomic mass is 16.2. The van der Waals surface area contributed by atoms with Crippen LogP contribution in [0.5, 0.6) is 0 Å².